The molecule has 0 aromatic heterocycles. The summed E-state index contributed by atoms with van der Waals surface area (Å²) in [4.78, 5) is 14.1. The second kappa shape index (κ2) is 6.45. The van der Waals surface area contributed by atoms with Crippen LogP contribution in [0, 0.1) is 5.92 Å². The third-order valence-electron chi connectivity index (χ3n) is 3.21. The highest BCUT2D eigenvalue weighted by Crippen LogP contribution is 2.27. The minimum Gasteiger partial charge on any atom is -0.383 e. The van der Waals surface area contributed by atoms with E-state index >= 15 is 0 Å². The first kappa shape index (κ1) is 13.7. The second-order valence-electron chi connectivity index (χ2n) is 5.42. The first-order chi connectivity index (χ1) is 9.16. The quantitative estimate of drug-likeness (QED) is 0.872. The van der Waals surface area contributed by atoms with Crippen LogP contribution < -0.4 is 15.5 Å². The van der Waals surface area contributed by atoms with Gasteiger partial charge in [0.05, 0.1) is 17.9 Å². The Labute approximate surface area is 115 Å². The van der Waals surface area contributed by atoms with Gasteiger partial charge in [-0.05, 0) is 24.5 Å². The molecule has 1 aliphatic rings. The zero-order chi connectivity index (χ0) is 13.7. The number of fused-ring (bicyclic) bond motifs is 1. The average molecular weight is 261 g/mol. The van der Waals surface area contributed by atoms with Gasteiger partial charge in [-0.15, -0.1) is 0 Å². The molecular formula is C15H23N3O. The molecule has 0 bridgehead atoms. The van der Waals surface area contributed by atoms with Crippen LogP contribution in [0.1, 0.15) is 20.3 Å². The summed E-state index contributed by atoms with van der Waals surface area (Å²) in [6.45, 7) is 7.26. The third kappa shape index (κ3) is 3.88. The van der Waals surface area contributed by atoms with Crippen LogP contribution in [-0.2, 0) is 4.79 Å². The Morgan fingerprint density at radius 1 is 1.42 bits per heavy atom. The third-order valence-corrected chi connectivity index (χ3v) is 3.21. The van der Waals surface area contributed by atoms with Crippen LogP contribution in [0.5, 0.6) is 0 Å². The topological polar surface area (TPSA) is 44.4 Å². The number of nitrogens with one attached hydrogen (secondary N) is 2. The number of carbonyl (C=O) groups excluding carboxylic acids is 1. The van der Waals surface area contributed by atoms with Crippen LogP contribution in [-0.4, -0.2) is 32.1 Å². The molecule has 0 saturated carbocycles. The monoisotopic (exact) mass is 261 g/mol. The Morgan fingerprint density at radius 2 is 2.21 bits per heavy atom. The molecule has 104 valence electrons. The van der Waals surface area contributed by atoms with Crippen LogP contribution in [0.2, 0.25) is 0 Å². The molecule has 0 atom stereocenters. The molecule has 0 aliphatic carbocycles. The predicted octanol–water partition coefficient (Wildman–Crippen LogP) is 2.08. The smallest absolute Gasteiger partial charge is 0.239 e. The number of hydrogen-bond donors (Lipinski definition) is 2. The fourth-order valence-electron chi connectivity index (χ4n) is 2.22. The molecule has 1 aromatic carbocycles. The maximum atomic E-state index is 12.0. The van der Waals surface area contributed by atoms with E-state index in [4.69, 9.17) is 0 Å². The first-order valence-electron chi connectivity index (χ1n) is 7.01. The molecule has 4 heteroatoms. The predicted molar refractivity (Wildman–Crippen MR) is 79.6 cm³/mol. The van der Waals surface area contributed by atoms with Gasteiger partial charge in [-0.2, -0.15) is 0 Å². The van der Waals surface area contributed by atoms with Crippen LogP contribution >= 0.6 is 0 Å². The average Bonchev–Trinajstić information content (AvgIpc) is 2.59. The number of amides is 1. The molecule has 0 unspecified atom stereocenters. The van der Waals surface area contributed by atoms with Gasteiger partial charge < -0.3 is 15.5 Å². The van der Waals surface area contributed by atoms with Gasteiger partial charge in [0.15, 0.2) is 0 Å². The zero-order valence-corrected chi connectivity index (χ0v) is 11.8. The van der Waals surface area contributed by atoms with Crippen molar-refractivity contribution in [2.45, 2.75) is 20.3 Å². The molecule has 2 N–H and O–H groups in total. The largest absolute Gasteiger partial charge is 0.383 e. The number of carbonyl (C=O) groups is 1. The molecule has 0 spiro atoms. The lowest BCUT2D eigenvalue weighted by Crippen LogP contribution is -2.39. The SMILES string of the molecule is CC(C)CNC(=O)CN1CCCNc2ccccc21. The van der Waals surface area contributed by atoms with Crippen molar-refractivity contribution < 1.29 is 4.79 Å². The molecule has 19 heavy (non-hydrogen) atoms. The molecule has 1 aliphatic heterocycles. The minimum atomic E-state index is 0.102. The van der Waals surface area contributed by atoms with Crippen molar-refractivity contribution in [1.82, 2.24) is 5.32 Å². The van der Waals surface area contributed by atoms with Crippen molar-refractivity contribution in [2.75, 3.05) is 36.4 Å². The Balaban J connectivity index is 2.01. The van der Waals surface area contributed by atoms with Gasteiger partial charge in [0.2, 0.25) is 5.91 Å². The van der Waals surface area contributed by atoms with Crippen molar-refractivity contribution in [3.63, 3.8) is 0 Å². The summed E-state index contributed by atoms with van der Waals surface area (Å²) < 4.78 is 0. The number of para-hydroxylation sites is 2. The van der Waals surface area contributed by atoms with Gasteiger partial charge in [0, 0.05) is 19.6 Å². The van der Waals surface area contributed by atoms with E-state index in [0.717, 1.165) is 37.4 Å². The van der Waals surface area contributed by atoms with E-state index in [1.807, 2.05) is 12.1 Å². The zero-order valence-electron chi connectivity index (χ0n) is 11.8. The summed E-state index contributed by atoms with van der Waals surface area (Å²) in [6.07, 6.45) is 1.05. The number of rotatable bonds is 4. The number of anilines is 2. The van der Waals surface area contributed by atoms with E-state index in [0.29, 0.717) is 12.5 Å². The van der Waals surface area contributed by atoms with Gasteiger partial charge in [0.1, 0.15) is 0 Å². The van der Waals surface area contributed by atoms with E-state index in [9.17, 15) is 4.79 Å². The van der Waals surface area contributed by atoms with Crippen LogP contribution in [0.4, 0.5) is 11.4 Å². The Hall–Kier alpha value is -1.71. The van der Waals surface area contributed by atoms with Crippen LogP contribution in [0.3, 0.4) is 0 Å². The molecule has 0 fully saturated rings. The molecule has 4 nitrogen and oxygen atoms in total. The van der Waals surface area contributed by atoms with Crippen molar-refractivity contribution >= 4 is 17.3 Å². The second-order valence-corrected chi connectivity index (χ2v) is 5.42. The van der Waals surface area contributed by atoms with Crippen molar-refractivity contribution in [2.24, 2.45) is 5.92 Å². The maximum absolute atomic E-state index is 12.0. The van der Waals surface area contributed by atoms with Gasteiger partial charge in [-0.25, -0.2) is 0 Å². The van der Waals surface area contributed by atoms with Gasteiger partial charge in [0.25, 0.3) is 0 Å². The van der Waals surface area contributed by atoms with E-state index < -0.39 is 0 Å². The van der Waals surface area contributed by atoms with Crippen molar-refractivity contribution in [3.8, 4) is 0 Å². The highest BCUT2D eigenvalue weighted by Gasteiger charge is 2.16. The minimum absolute atomic E-state index is 0.102. The number of nitrogens with zero attached hydrogens (tertiary/aromatic N) is 1. The fraction of sp³-hybridized carbons (Fsp3) is 0.533. The molecule has 0 saturated heterocycles. The molecule has 2 rings (SSSR count). The van der Waals surface area contributed by atoms with E-state index in [-0.39, 0.29) is 5.91 Å². The Morgan fingerprint density at radius 3 is 3.00 bits per heavy atom. The molecule has 1 heterocycles. The summed E-state index contributed by atoms with van der Waals surface area (Å²) in [5.74, 6) is 0.590. The number of hydrogen-bond acceptors (Lipinski definition) is 3. The van der Waals surface area contributed by atoms with Crippen molar-refractivity contribution in [3.05, 3.63) is 24.3 Å². The highest BCUT2D eigenvalue weighted by atomic mass is 16.2. The van der Waals surface area contributed by atoms with Gasteiger partial charge in [-0.3, -0.25) is 4.79 Å². The fourth-order valence-corrected chi connectivity index (χ4v) is 2.22. The van der Waals surface area contributed by atoms with Crippen molar-refractivity contribution in [1.29, 1.82) is 0 Å². The summed E-state index contributed by atoms with van der Waals surface area (Å²) in [5, 5.41) is 6.38. The Kier molecular flexibility index (Phi) is 4.66. The summed E-state index contributed by atoms with van der Waals surface area (Å²) in [6, 6.07) is 8.18. The molecule has 1 aromatic rings. The molecule has 1 amide bonds. The van der Waals surface area contributed by atoms with Crippen LogP contribution in [0.25, 0.3) is 0 Å². The number of benzene rings is 1. The first-order valence-corrected chi connectivity index (χ1v) is 7.01. The molecule has 0 radical (unpaired) electrons. The van der Waals surface area contributed by atoms with Gasteiger partial charge in [-0.1, -0.05) is 26.0 Å². The summed E-state index contributed by atoms with van der Waals surface area (Å²) >= 11 is 0. The van der Waals surface area contributed by atoms with E-state index in [2.05, 4.69) is 41.5 Å². The summed E-state index contributed by atoms with van der Waals surface area (Å²) in [5.41, 5.74) is 2.25. The highest BCUT2D eigenvalue weighted by molar-refractivity contribution is 5.83. The van der Waals surface area contributed by atoms with Crippen LogP contribution in [0.15, 0.2) is 24.3 Å². The standard InChI is InChI=1S/C15H23N3O/c1-12(2)10-17-15(19)11-18-9-5-8-16-13-6-3-4-7-14(13)18/h3-4,6-7,12,16H,5,8-11H2,1-2H3,(H,17,19). The normalized spacial score (nSPS) is 14.6. The van der Waals surface area contributed by atoms with E-state index in [1.165, 1.54) is 0 Å². The summed E-state index contributed by atoms with van der Waals surface area (Å²) in [7, 11) is 0. The maximum Gasteiger partial charge on any atom is 0.239 e. The lowest BCUT2D eigenvalue weighted by Gasteiger charge is -2.24. The van der Waals surface area contributed by atoms with E-state index in [1.54, 1.807) is 0 Å². The Bertz CT molecular complexity index is 431. The molecular weight excluding hydrogens is 238 g/mol. The van der Waals surface area contributed by atoms with Gasteiger partial charge >= 0.3 is 0 Å². The lowest BCUT2D eigenvalue weighted by atomic mass is 10.2. The lowest BCUT2D eigenvalue weighted by molar-refractivity contribution is -0.119.